The van der Waals surface area contributed by atoms with Crippen molar-refractivity contribution in [3.63, 3.8) is 0 Å². The lowest BCUT2D eigenvalue weighted by Crippen LogP contribution is -2.54. The van der Waals surface area contributed by atoms with E-state index in [1.165, 1.54) is 0 Å². The fourth-order valence-corrected chi connectivity index (χ4v) is 3.40. The lowest BCUT2D eigenvalue weighted by Gasteiger charge is -2.40. The van der Waals surface area contributed by atoms with Crippen molar-refractivity contribution in [3.8, 4) is 6.07 Å². The summed E-state index contributed by atoms with van der Waals surface area (Å²) >= 11 is 0. The molecule has 2 rings (SSSR count). The highest BCUT2D eigenvalue weighted by molar-refractivity contribution is 5.92. The molecule has 6 heteroatoms. The van der Waals surface area contributed by atoms with Crippen LogP contribution in [0.25, 0.3) is 0 Å². The Morgan fingerprint density at radius 2 is 1.83 bits per heavy atom. The Kier molecular flexibility index (Phi) is 4.88. The number of urea groups is 1. The van der Waals surface area contributed by atoms with E-state index in [1.54, 1.807) is 41.1 Å². The number of nitrogens with zero attached hydrogens (tertiary/aromatic N) is 4. The largest absolute Gasteiger partial charge is 0.376 e. The van der Waals surface area contributed by atoms with Crippen LogP contribution in [0.15, 0.2) is 24.3 Å². The van der Waals surface area contributed by atoms with E-state index in [0.29, 0.717) is 11.3 Å². The molecule has 1 aliphatic rings. The summed E-state index contributed by atoms with van der Waals surface area (Å²) in [4.78, 5) is 18.2. The predicted octanol–water partition coefficient (Wildman–Crippen LogP) is 2.44. The molecule has 1 aliphatic heterocycles. The maximum Gasteiger partial charge on any atom is 0.325 e. The number of hydrogen-bond acceptors (Lipinski definition) is 4. The molecule has 130 valence electrons. The molecule has 2 amide bonds. The zero-order valence-corrected chi connectivity index (χ0v) is 15.2. The molecule has 1 heterocycles. The molecule has 0 saturated carbocycles. The topological polar surface area (TPSA) is 70.8 Å². The number of anilines is 1. The maximum atomic E-state index is 13.1. The van der Waals surface area contributed by atoms with E-state index >= 15 is 0 Å². The van der Waals surface area contributed by atoms with Gasteiger partial charge in [0, 0.05) is 12.7 Å². The third kappa shape index (κ3) is 3.10. The van der Waals surface area contributed by atoms with Crippen LogP contribution in [0.4, 0.5) is 10.5 Å². The first-order chi connectivity index (χ1) is 11.1. The first-order valence-electron chi connectivity index (χ1n) is 8.05. The van der Waals surface area contributed by atoms with Crippen molar-refractivity contribution in [1.82, 2.24) is 9.80 Å². The van der Waals surface area contributed by atoms with E-state index in [-0.39, 0.29) is 23.7 Å². The van der Waals surface area contributed by atoms with Crippen LogP contribution >= 0.6 is 0 Å². The standard InChI is InChI=1S/C18H26N4O2/c1-12-15(23)21(6)16(18(2,3)4)22(12)17(24)20(5)14-9-7-13(11-19)8-10-14/h7-10,12,15-16,23H,1-6H3/t12-,15?,16+/m0/s1. The number of rotatable bonds is 1. The van der Waals surface area contributed by atoms with Gasteiger partial charge in [-0.15, -0.1) is 0 Å². The van der Waals surface area contributed by atoms with Gasteiger partial charge in [0.2, 0.25) is 0 Å². The van der Waals surface area contributed by atoms with Gasteiger partial charge in [0.05, 0.1) is 23.8 Å². The van der Waals surface area contributed by atoms with Gasteiger partial charge in [0.25, 0.3) is 0 Å². The molecule has 0 radical (unpaired) electrons. The summed E-state index contributed by atoms with van der Waals surface area (Å²) in [6.07, 6.45) is -0.914. The Balaban J connectivity index is 2.33. The second-order valence-electron chi connectivity index (χ2n) is 7.47. The van der Waals surface area contributed by atoms with E-state index in [2.05, 4.69) is 26.8 Å². The number of carbonyl (C=O) groups is 1. The van der Waals surface area contributed by atoms with Crippen LogP contribution in [0.5, 0.6) is 0 Å². The zero-order valence-electron chi connectivity index (χ0n) is 15.2. The van der Waals surface area contributed by atoms with Crippen molar-refractivity contribution in [2.45, 2.75) is 46.1 Å². The minimum Gasteiger partial charge on any atom is -0.376 e. The van der Waals surface area contributed by atoms with Crippen LogP contribution in [-0.2, 0) is 0 Å². The van der Waals surface area contributed by atoms with E-state index in [9.17, 15) is 9.90 Å². The highest BCUT2D eigenvalue weighted by Gasteiger charge is 2.50. The molecule has 1 saturated heterocycles. The molecule has 6 nitrogen and oxygen atoms in total. The second-order valence-corrected chi connectivity index (χ2v) is 7.47. The molecule has 24 heavy (non-hydrogen) atoms. The van der Waals surface area contributed by atoms with Crippen molar-refractivity contribution in [2.24, 2.45) is 5.41 Å². The summed E-state index contributed by atoms with van der Waals surface area (Å²) in [5.74, 6) is 0. The Bertz CT molecular complexity index is 644. The number of carbonyl (C=O) groups excluding carboxylic acids is 1. The van der Waals surface area contributed by atoms with Gasteiger partial charge in [-0.25, -0.2) is 4.79 Å². The van der Waals surface area contributed by atoms with Gasteiger partial charge in [0.15, 0.2) is 0 Å². The van der Waals surface area contributed by atoms with E-state index in [1.807, 2.05) is 18.9 Å². The molecule has 1 N–H and O–H groups in total. The molecule has 0 aromatic heterocycles. The monoisotopic (exact) mass is 330 g/mol. The molecule has 1 aromatic rings. The zero-order chi connectivity index (χ0) is 18.2. The summed E-state index contributed by atoms with van der Waals surface area (Å²) in [5, 5.41) is 19.3. The second kappa shape index (κ2) is 6.42. The van der Waals surface area contributed by atoms with Gasteiger partial charge in [0.1, 0.15) is 6.23 Å². The van der Waals surface area contributed by atoms with Gasteiger partial charge < -0.3 is 10.0 Å². The summed E-state index contributed by atoms with van der Waals surface area (Å²) in [6, 6.07) is 8.47. The predicted molar refractivity (Wildman–Crippen MR) is 93.3 cm³/mol. The summed E-state index contributed by atoms with van der Waals surface area (Å²) in [5.41, 5.74) is 1.06. The van der Waals surface area contributed by atoms with Crippen molar-refractivity contribution in [3.05, 3.63) is 29.8 Å². The first kappa shape index (κ1) is 18.2. The number of amides is 2. The van der Waals surface area contributed by atoms with Crippen molar-refractivity contribution >= 4 is 11.7 Å². The highest BCUT2D eigenvalue weighted by Crippen LogP contribution is 2.36. The van der Waals surface area contributed by atoms with Crippen LogP contribution in [0.3, 0.4) is 0 Å². The van der Waals surface area contributed by atoms with E-state index < -0.39 is 6.23 Å². The minimum atomic E-state index is -0.701. The molecule has 0 aliphatic carbocycles. The summed E-state index contributed by atoms with van der Waals surface area (Å²) in [7, 11) is 3.55. The third-order valence-electron chi connectivity index (χ3n) is 4.60. The number of likely N-dealkylation sites (N-methyl/N-ethyl adjacent to an activating group) is 1. The average molecular weight is 330 g/mol. The van der Waals surface area contributed by atoms with Gasteiger partial charge in [-0.2, -0.15) is 5.26 Å². The summed E-state index contributed by atoms with van der Waals surface area (Å²) in [6.45, 7) is 8.03. The Hall–Kier alpha value is -2.10. The van der Waals surface area contributed by atoms with Crippen LogP contribution in [-0.4, -0.2) is 53.5 Å². The smallest absolute Gasteiger partial charge is 0.325 e. The lowest BCUT2D eigenvalue weighted by atomic mass is 9.91. The van der Waals surface area contributed by atoms with Crippen LogP contribution in [0.1, 0.15) is 33.3 Å². The van der Waals surface area contributed by atoms with Gasteiger partial charge in [-0.05, 0) is 43.7 Å². The van der Waals surface area contributed by atoms with Gasteiger partial charge in [-0.1, -0.05) is 20.8 Å². The van der Waals surface area contributed by atoms with Crippen LogP contribution < -0.4 is 4.90 Å². The number of hydrogen-bond donors (Lipinski definition) is 1. The molecular formula is C18H26N4O2. The van der Waals surface area contributed by atoms with E-state index in [0.717, 1.165) is 0 Å². The molecular weight excluding hydrogens is 304 g/mol. The third-order valence-corrected chi connectivity index (χ3v) is 4.60. The lowest BCUT2D eigenvalue weighted by molar-refractivity contribution is 0.000412. The molecule has 1 fully saturated rings. The molecule has 3 atom stereocenters. The van der Waals surface area contributed by atoms with Gasteiger partial charge >= 0.3 is 6.03 Å². The fraction of sp³-hybridized carbons (Fsp3) is 0.556. The molecule has 1 aromatic carbocycles. The quantitative estimate of drug-likeness (QED) is 0.858. The normalized spacial score (nSPS) is 24.8. The Morgan fingerprint density at radius 1 is 1.29 bits per heavy atom. The van der Waals surface area contributed by atoms with Crippen molar-refractivity contribution < 1.29 is 9.90 Å². The number of aliphatic hydroxyl groups is 1. The maximum absolute atomic E-state index is 13.1. The van der Waals surface area contributed by atoms with Gasteiger partial charge in [-0.3, -0.25) is 9.80 Å². The molecule has 0 bridgehead atoms. The Morgan fingerprint density at radius 3 is 2.29 bits per heavy atom. The number of aliphatic hydroxyl groups excluding tert-OH is 1. The van der Waals surface area contributed by atoms with Crippen molar-refractivity contribution in [2.75, 3.05) is 19.0 Å². The number of nitriles is 1. The fourth-order valence-electron chi connectivity index (χ4n) is 3.40. The Labute approximate surface area is 143 Å². The number of benzene rings is 1. The minimum absolute atomic E-state index is 0.171. The van der Waals surface area contributed by atoms with E-state index in [4.69, 9.17) is 5.26 Å². The first-order valence-corrected chi connectivity index (χ1v) is 8.05. The summed E-state index contributed by atoms with van der Waals surface area (Å²) < 4.78 is 0. The SMILES string of the molecule is C[C@H]1C(O)N(C)[C@@H](C(C)(C)C)N1C(=O)N(C)c1ccc(C#N)cc1. The van der Waals surface area contributed by atoms with Crippen molar-refractivity contribution in [1.29, 1.82) is 5.26 Å². The van der Waals surface area contributed by atoms with Crippen LogP contribution in [0.2, 0.25) is 0 Å². The molecule has 0 spiro atoms. The molecule has 1 unspecified atom stereocenters. The van der Waals surface area contributed by atoms with Crippen LogP contribution in [0, 0.1) is 16.7 Å². The highest BCUT2D eigenvalue weighted by atomic mass is 16.3. The average Bonchev–Trinajstić information content (AvgIpc) is 2.77.